The fraction of sp³-hybridized carbons (Fsp3) is 0.500. The minimum absolute atomic E-state index is 0.0906. The number of amides is 1. The van der Waals surface area contributed by atoms with Crippen LogP contribution in [0.2, 0.25) is 5.02 Å². The average molecular weight is 395 g/mol. The number of carbonyl (C=O) groups excluding carboxylic acids is 1. The highest BCUT2D eigenvalue weighted by Crippen LogP contribution is 2.32. The molecule has 0 saturated carbocycles. The fourth-order valence-electron chi connectivity index (χ4n) is 2.35. The SMILES string of the molecule is CS(=O)(=O)CCC(=O)Nc1ccc(N2CCCCS2(=O)=O)c(Cl)c1. The van der Waals surface area contributed by atoms with E-state index >= 15 is 0 Å². The molecule has 0 bridgehead atoms. The summed E-state index contributed by atoms with van der Waals surface area (Å²) in [5.41, 5.74) is 0.766. The highest BCUT2D eigenvalue weighted by Gasteiger charge is 2.27. The first-order valence-corrected chi connectivity index (χ1v) is 11.4. The van der Waals surface area contributed by atoms with Crippen molar-refractivity contribution in [2.75, 3.05) is 33.9 Å². The lowest BCUT2D eigenvalue weighted by molar-refractivity contribution is -0.115. The number of anilines is 2. The van der Waals surface area contributed by atoms with Crippen LogP contribution >= 0.6 is 11.6 Å². The molecule has 2 rings (SSSR count). The number of hydrogen-bond acceptors (Lipinski definition) is 5. The van der Waals surface area contributed by atoms with E-state index in [1.807, 2.05) is 0 Å². The molecule has 0 atom stereocenters. The molecule has 0 unspecified atom stereocenters. The van der Waals surface area contributed by atoms with Crippen LogP contribution in [0.4, 0.5) is 11.4 Å². The second-order valence-electron chi connectivity index (χ2n) is 5.69. The molecule has 0 aliphatic carbocycles. The van der Waals surface area contributed by atoms with Gasteiger partial charge in [0.05, 0.1) is 22.2 Å². The van der Waals surface area contributed by atoms with Crippen LogP contribution in [-0.2, 0) is 24.7 Å². The first kappa shape index (κ1) is 19.0. The van der Waals surface area contributed by atoms with E-state index in [2.05, 4.69) is 5.32 Å². The average Bonchev–Trinajstić information content (AvgIpc) is 2.45. The Morgan fingerprint density at radius 1 is 1.33 bits per heavy atom. The molecule has 1 aromatic carbocycles. The van der Waals surface area contributed by atoms with Crippen LogP contribution in [0, 0.1) is 0 Å². The molecule has 0 spiro atoms. The van der Waals surface area contributed by atoms with Crippen molar-refractivity contribution in [1.82, 2.24) is 0 Å². The predicted octanol–water partition coefficient (Wildman–Crippen LogP) is 1.64. The molecule has 0 aromatic heterocycles. The molecule has 134 valence electrons. The molecule has 1 heterocycles. The summed E-state index contributed by atoms with van der Waals surface area (Å²) in [5, 5.41) is 2.76. The smallest absolute Gasteiger partial charge is 0.235 e. The van der Waals surface area contributed by atoms with E-state index in [9.17, 15) is 21.6 Å². The Hall–Kier alpha value is -1.32. The van der Waals surface area contributed by atoms with E-state index in [1.165, 1.54) is 16.4 Å². The number of carbonyl (C=O) groups is 1. The highest BCUT2D eigenvalue weighted by atomic mass is 35.5. The molecule has 10 heteroatoms. The molecule has 7 nitrogen and oxygen atoms in total. The van der Waals surface area contributed by atoms with Crippen molar-refractivity contribution in [2.24, 2.45) is 0 Å². The predicted molar refractivity (Wildman–Crippen MR) is 94.8 cm³/mol. The Labute approximate surface area is 147 Å². The Morgan fingerprint density at radius 2 is 2.04 bits per heavy atom. The van der Waals surface area contributed by atoms with Crippen molar-refractivity contribution in [1.29, 1.82) is 0 Å². The monoisotopic (exact) mass is 394 g/mol. The third-order valence-electron chi connectivity index (χ3n) is 3.55. The van der Waals surface area contributed by atoms with Crippen LogP contribution in [0.1, 0.15) is 19.3 Å². The Balaban J connectivity index is 2.11. The van der Waals surface area contributed by atoms with Crippen molar-refractivity contribution in [3.05, 3.63) is 23.2 Å². The van der Waals surface area contributed by atoms with Crippen molar-refractivity contribution >= 4 is 48.7 Å². The molecule has 24 heavy (non-hydrogen) atoms. The minimum Gasteiger partial charge on any atom is -0.326 e. The normalized spacial score (nSPS) is 17.5. The topological polar surface area (TPSA) is 101 Å². The van der Waals surface area contributed by atoms with E-state index in [1.54, 1.807) is 6.07 Å². The maximum absolute atomic E-state index is 12.1. The van der Waals surface area contributed by atoms with Gasteiger partial charge < -0.3 is 5.32 Å². The van der Waals surface area contributed by atoms with Gasteiger partial charge in [-0.15, -0.1) is 0 Å². The number of nitrogens with one attached hydrogen (secondary N) is 1. The summed E-state index contributed by atoms with van der Waals surface area (Å²) in [6.07, 6.45) is 2.30. The number of halogens is 1. The summed E-state index contributed by atoms with van der Waals surface area (Å²) in [6, 6.07) is 4.54. The quantitative estimate of drug-likeness (QED) is 0.818. The van der Waals surface area contributed by atoms with Gasteiger partial charge in [-0.3, -0.25) is 9.10 Å². The lowest BCUT2D eigenvalue weighted by Gasteiger charge is -2.29. The number of sulfonamides is 1. The van der Waals surface area contributed by atoms with Gasteiger partial charge in [0.2, 0.25) is 15.9 Å². The highest BCUT2D eigenvalue weighted by molar-refractivity contribution is 7.92. The summed E-state index contributed by atoms with van der Waals surface area (Å²) in [7, 11) is -6.58. The standard InChI is InChI=1S/C14H19ClN2O5S2/c1-23(19,20)9-6-14(18)16-11-4-5-13(12(15)10-11)17-7-2-3-8-24(17,21)22/h4-5,10H,2-3,6-9H2,1H3,(H,16,18). The molecule has 0 radical (unpaired) electrons. The second-order valence-corrected chi connectivity index (χ2v) is 10.4. The zero-order valence-electron chi connectivity index (χ0n) is 13.2. The van der Waals surface area contributed by atoms with Gasteiger partial charge >= 0.3 is 0 Å². The van der Waals surface area contributed by atoms with E-state index in [0.717, 1.165) is 12.7 Å². The first-order valence-electron chi connectivity index (χ1n) is 7.36. The second kappa shape index (κ2) is 7.28. The molecular formula is C14H19ClN2O5S2. The zero-order chi connectivity index (χ0) is 18.0. The Bertz CT molecular complexity index is 837. The number of rotatable bonds is 5. The van der Waals surface area contributed by atoms with Gasteiger partial charge in [-0.2, -0.15) is 0 Å². The van der Waals surface area contributed by atoms with Gasteiger partial charge in [-0.1, -0.05) is 11.6 Å². The summed E-state index contributed by atoms with van der Waals surface area (Å²) >= 11 is 6.17. The van der Waals surface area contributed by atoms with Crippen LogP contribution in [0.15, 0.2) is 18.2 Å². The van der Waals surface area contributed by atoms with Crippen LogP contribution in [0.3, 0.4) is 0 Å². The van der Waals surface area contributed by atoms with Gasteiger partial charge in [-0.05, 0) is 31.0 Å². The maximum atomic E-state index is 12.1. The third-order valence-corrected chi connectivity index (χ3v) is 6.65. The summed E-state index contributed by atoms with van der Waals surface area (Å²) < 4.78 is 47.6. The fourth-order valence-corrected chi connectivity index (χ4v) is 4.89. The molecule has 1 aliphatic rings. The molecule has 1 amide bonds. The maximum Gasteiger partial charge on any atom is 0.235 e. The van der Waals surface area contributed by atoms with E-state index in [0.29, 0.717) is 24.3 Å². The van der Waals surface area contributed by atoms with E-state index < -0.39 is 25.8 Å². The van der Waals surface area contributed by atoms with Crippen LogP contribution in [-0.4, -0.2) is 47.0 Å². The first-order chi connectivity index (χ1) is 11.1. The van der Waals surface area contributed by atoms with E-state index in [4.69, 9.17) is 11.6 Å². The molecule has 1 fully saturated rings. The number of nitrogens with zero attached hydrogens (tertiary/aromatic N) is 1. The van der Waals surface area contributed by atoms with E-state index in [-0.39, 0.29) is 22.9 Å². The van der Waals surface area contributed by atoms with Crippen molar-refractivity contribution in [3.63, 3.8) is 0 Å². The lowest BCUT2D eigenvalue weighted by atomic mass is 10.2. The molecule has 1 aromatic rings. The van der Waals surface area contributed by atoms with Gasteiger partial charge in [0.25, 0.3) is 0 Å². The van der Waals surface area contributed by atoms with Crippen molar-refractivity contribution < 1.29 is 21.6 Å². The molecule has 1 aliphatic heterocycles. The number of benzene rings is 1. The van der Waals surface area contributed by atoms with Crippen LogP contribution in [0.5, 0.6) is 0 Å². The summed E-state index contributed by atoms with van der Waals surface area (Å²) in [6.45, 7) is 0.377. The summed E-state index contributed by atoms with van der Waals surface area (Å²) in [5.74, 6) is -0.598. The van der Waals surface area contributed by atoms with Crippen LogP contribution in [0.25, 0.3) is 0 Å². The molecule has 1 saturated heterocycles. The van der Waals surface area contributed by atoms with Gasteiger partial charge in [-0.25, -0.2) is 16.8 Å². The summed E-state index contributed by atoms with van der Waals surface area (Å²) in [4.78, 5) is 11.7. The van der Waals surface area contributed by atoms with Crippen LogP contribution < -0.4 is 9.62 Å². The Kier molecular flexibility index (Phi) is 5.77. The number of sulfone groups is 1. The lowest BCUT2D eigenvalue weighted by Crippen LogP contribution is -2.38. The third kappa shape index (κ3) is 5.09. The molecular weight excluding hydrogens is 376 g/mol. The van der Waals surface area contributed by atoms with Crippen molar-refractivity contribution in [2.45, 2.75) is 19.3 Å². The largest absolute Gasteiger partial charge is 0.326 e. The van der Waals surface area contributed by atoms with Gasteiger partial charge in [0, 0.05) is 24.9 Å². The molecule has 1 N–H and O–H groups in total. The van der Waals surface area contributed by atoms with Gasteiger partial charge in [0.15, 0.2) is 0 Å². The minimum atomic E-state index is -3.37. The zero-order valence-corrected chi connectivity index (χ0v) is 15.5. The van der Waals surface area contributed by atoms with Gasteiger partial charge in [0.1, 0.15) is 9.84 Å². The van der Waals surface area contributed by atoms with Crippen molar-refractivity contribution in [3.8, 4) is 0 Å². The number of hydrogen-bond donors (Lipinski definition) is 1. The Morgan fingerprint density at radius 3 is 2.62 bits per heavy atom.